The second kappa shape index (κ2) is 5.98. The first-order valence-electron chi connectivity index (χ1n) is 6.15. The molecule has 0 aliphatic carbocycles. The quantitative estimate of drug-likeness (QED) is 0.808. The van der Waals surface area contributed by atoms with Gasteiger partial charge < -0.3 is 5.73 Å². The van der Waals surface area contributed by atoms with Crippen molar-refractivity contribution in [2.24, 2.45) is 17.6 Å². The van der Waals surface area contributed by atoms with Crippen molar-refractivity contribution >= 4 is 10.0 Å². The summed E-state index contributed by atoms with van der Waals surface area (Å²) in [6.45, 7) is 5.99. The Morgan fingerprint density at radius 2 is 2.00 bits per heavy atom. The van der Waals surface area contributed by atoms with Crippen LogP contribution in [0.3, 0.4) is 0 Å². The maximum atomic E-state index is 11.9. The highest BCUT2D eigenvalue weighted by atomic mass is 32.2. The van der Waals surface area contributed by atoms with E-state index in [-0.39, 0.29) is 12.3 Å². The Morgan fingerprint density at radius 1 is 1.31 bits per heavy atom. The van der Waals surface area contributed by atoms with Crippen LogP contribution in [0.2, 0.25) is 0 Å². The van der Waals surface area contributed by atoms with E-state index in [1.165, 1.54) is 0 Å². The Bertz CT molecular complexity index is 301. The molecule has 0 bridgehead atoms. The third-order valence-electron chi connectivity index (χ3n) is 3.44. The molecule has 1 rings (SSSR count). The minimum absolute atomic E-state index is 0.0827. The van der Waals surface area contributed by atoms with Gasteiger partial charge in [0.25, 0.3) is 0 Å². The van der Waals surface area contributed by atoms with Crippen molar-refractivity contribution in [2.75, 3.05) is 25.4 Å². The van der Waals surface area contributed by atoms with E-state index >= 15 is 0 Å². The fourth-order valence-electron chi connectivity index (χ4n) is 2.32. The van der Waals surface area contributed by atoms with Crippen LogP contribution in [-0.4, -0.2) is 38.1 Å². The number of sulfonamides is 1. The van der Waals surface area contributed by atoms with Gasteiger partial charge in [0, 0.05) is 19.6 Å². The third-order valence-corrected chi connectivity index (χ3v) is 5.35. The Labute approximate surface area is 99.2 Å². The van der Waals surface area contributed by atoms with Gasteiger partial charge in [-0.05, 0) is 31.1 Å². The minimum Gasteiger partial charge on any atom is -0.329 e. The summed E-state index contributed by atoms with van der Waals surface area (Å²) >= 11 is 0. The lowest BCUT2D eigenvalue weighted by Crippen LogP contribution is -2.36. The van der Waals surface area contributed by atoms with Crippen LogP contribution in [0.1, 0.15) is 33.1 Å². The topological polar surface area (TPSA) is 63.4 Å². The van der Waals surface area contributed by atoms with Gasteiger partial charge >= 0.3 is 0 Å². The first-order chi connectivity index (χ1) is 7.47. The maximum Gasteiger partial charge on any atom is 0.215 e. The lowest BCUT2D eigenvalue weighted by molar-refractivity contribution is 0.341. The van der Waals surface area contributed by atoms with Crippen LogP contribution in [0.5, 0.6) is 0 Å². The molecule has 0 aromatic heterocycles. The summed E-state index contributed by atoms with van der Waals surface area (Å²) in [6, 6.07) is 0. The van der Waals surface area contributed by atoms with Crippen LogP contribution in [0.25, 0.3) is 0 Å². The third kappa shape index (κ3) is 3.71. The van der Waals surface area contributed by atoms with Crippen LogP contribution >= 0.6 is 0 Å². The first kappa shape index (κ1) is 13.9. The summed E-state index contributed by atoms with van der Waals surface area (Å²) in [7, 11) is -3.10. The van der Waals surface area contributed by atoms with Gasteiger partial charge in [-0.25, -0.2) is 12.7 Å². The maximum absolute atomic E-state index is 11.9. The molecule has 1 aliphatic heterocycles. The van der Waals surface area contributed by atoms with Crippen molar-refractivity contribution in [2.45, 2.75) is 33.1 Å². The second-order valence-corrected chi connectivity index (χ2v) is 7.03. The average Bonchev–Trinajstić information content (AvgIpc) is 2.42. The zero-order chi connectivity index (χ0) is 12.2. The van der Waals surface area contributed by atoms with E-state index in [0.717, 1.165) is 19.3 Å². The zero-order valence-corrected chi connectivity index (χ0v) is 11.2. The molecule has 4 nitrogen and oxygen atoms in total. The van der Waals surface area contributed by atoms with E-state index in [0.29, 0.717) is 24.9 Å². The van der Waals surface area contributed by atoms with Gasteiger partial charge in [-0.3, -0.25) is 0 Å². The molecule has 1 heterocycles. The van der Waals surface area contributed by atoms with E-state index in [2.05, 4.69) is 13.8 Å². The highest BCUT2D eigenvalue weighted by Gasteiger charge is 2.26. The summed E-state index contributed by atoms with van der Waals surface area (Å²) in [5.41, 5.74) is 5.33. The molecule has 0 aromatic carbocycles. The smallest absolute Gasteiger partial charge is 0.215 e. The van der Waals surface area contributed by atoms with Crippen LogP contribution in [0, 0.1) is 11.8 Å². The summed E-state index contributed by atoms with van der Waals surface area (Å²) in [5.74, 6) is 1.40. The Balaban J connectivity index is 2.60. The molecule has 1 unspecified atom stereocenters. The minimum atomic E-state index is -3.10. The lowest BCUT2D eigenvalue weighted by Gasteiger charge is -2.20. The van der Waals surface area contributed by atoms with Gasteiger partial charge in [0.2, 0.25) is 10.0 Å². The first-order valence-corrected chi connectivity index (χ1v) is 7.76. The van der Waals surface area contributed by atoms with E-state index in [1.807, 2.05) is 0 Å². The van der Waals surface area contributed by atoms with Crippen molar-refractivity contribution in [3.8, 4) is 0 Å². The molecule has 1 fully saturated rings. The molecule has 2 N–H and O–H groups in total. The molecule has 0 radical (unpaired) electrons. The Kier molecular flexibility index (Phi) is 5.21. The van der Waals surface area contributed by atoms with Crippen molar-refractivity contribution in [1.29, 1.82) is 0 Å². The van der Waals surface area contributed by atoms with Gasteiger partial charge in [-0.2, -0.15) is 0 Å². The largest absolute Gasteiger partial charge is 0.329 e. The molecule has 5 heteroatoms. The predicted molar refractivity (Wildman–Crippen MR) is 66.6 cm³/mol. The molecule has 0 saturated carbocycles. The molecule has 1 aliphatic rings. The van der Waals surface area contributed by atoms with Crippen LogP contribution < -0.4 is 5.73 Å². The molecular formula is C11H24N2O2S. The number of hydrogen-bond donors (Lipinski definition) is 1. The number of hydrogen-bond acceptors (Lipinski definition) is 3. The highest BCUT2D eigenvalue weighted by Crippen LogP contribution is 2.25. The van der Waals surface area contributed by atoms with Crippen LogP contribution in [0.15, 0.2) is 0 Å². The number of rotatable bonds is 4. The van der Waals surface area contributed by atoms with Gasteiger partial charge in [0.1, 0.15) is 0 Å². The van der Waals surface area contributed by atoms with E-state index in [1.54, 1.807) is 4.31 Å². The number of nitrogens with zero attached hydrogens (tertiary/aromatic N) is 1. The highest BCUT2D eigenvalue weighted by molar-refractivity contribution is 7.89. The Hall–Kier alpha value is -0.130. The molecule has 96 valence electrons. The second-order valence-electron chi connectivity index (χ2n) is 4.94. The molecule has 1 saturated heterocycles. The van der Waals surface area contributed by atoms with Crippen molar-refractivity contribution < 1.29 is 8.42 Å². The van der Waals surface area contributed by atoms with Crippen molar-refractivity contribution in [1.82, 2.24) is 4.31 Å². The van der Waals surface area contributed by atoms with Crippen LogP contribution in [-0.2, 0) is 10.0 Å². The Morgan fingerprint density at radius 3 is 2.56 bits per heavy atom. The predicted octanol–water partition coefficient (Wildman–Crippen LogP) is 1.03. The molecule has 0 aromatic rings. The lowest BCUT2D eigenvalue weighted by atomic mass is 9.89. The van der Waals surface area contributed by atoms with Gasteiger partial charge in [-0.15, -0.1) is 0 Å². The standard InChI is InChI=1S/C11H24N2O2S/c1-10(2)11-4-3-7-13(8-5-11)16(14,15)9-6-12/h10-11H,3-9,12H2,1-2H3. The molecule has 1 atom stereocenters. The fourth-order valence-corrected chi connectivity index (χ4v) is 3.67. The van der Waals surface area contributed by atoms with E-state index in [4.69, 9.17) is 5.73 Å². The summed E-state index contributed by atoms with van der Waals surface area (Å²) in [6.07, 6.45) is 3.11. The van der Waals surface area contributed by atoms with E-state index in [9.17, 15) is 8.42 Å². The van der Waals surface area contributed by atoms with Crippen molar-refractivity contribution in [3.05, 3.63) is 0 Å². The van der Waals surface area contributed by atoms with Gasteiger partial charge in [0.05, 0.1) is 5.75 Å². The number of nitrogens with two attached hydrogens (primary N) is 1. The fraction of sp³-hybridized carbons (Fsp3) is 1.00. The molecule has 0 amide bonds. The summed E-state index contributed by atoms with van der Waals surface area (Å²) < 4.78 is 25.3. The monoisotopic (exact) mass is 248 g/mol. The van der Waals surface area contributed by atoms with Crippen LogP contribution in [0.4, 0.5) is 0 Å². The van der Waals surface area contributed by atoms with Gasteiger partial charge in [0.15, 0.2) is 0 Å². The normalized spacial score (nSPS) is 24.6. The average molecular weight is 248 g/mol. The van der Waals surface area contributed by atoms with E-state index < -0.39 is 10.0 Å². The molecule has 0 spiro atoms. The summed E-state index contributed by atoms with van der Waals surface area (Å²) in [4.78, 5) is 0. The SMILES string of the molecule is CC(C)C1CCCN(S(=O)(=O)CCN)CC1. The zero-order valence-electron chi connectivity index (χ0n) is 10.4. The molecule has 16 heavy (non-hydrogen) atoms. The molecular weight excluding hydrogens is 224 g/mol. The van der Waals surface area contributed by atoms with Gasteiger partial charge in [-0.1, -0.05) is 13.8 Å². The van der Waals surface area contributed by atoms with Crippen molar-refractivity contribution in [3.63, 3.8) is 0 Å². The summed E-state index contributed by atoms with van der Waals surface area (Å²) in [5, 5.41) is 0.